The molecule has 118 valence electrons. The summed E-state index contributed by atoms with van der Waals surface area (Å²) in [6.45, 7) is 4.35. The van der Waals surface area contributed by atoms with Crippen LogP contribution in [-0.4, -0.2) is 76.9 Å². The van der Waals surface area contributed by atoms with Crippen LogP contribution in [0.5, 0.6) is 0 Å². The average molecular weight is 325 g/mol. The third kappa shape index (κ3) is 4.34. The monoisotopic (exact) mass is 325 g/mol. The summed E-state index contributed by atoms with van der Waals surface area (Å²) >= 11 is 0. The van der Waals surface area contributed by atoms with Crippen LogP contribution in [0.4, 0.5) is 0 Å². The predicted molar refractivity (Wildman–Crippen MR) is 80.5 cm³/mol. The molecule has 1 fully saturated rings. The summed E-state index contributed by atoms with van der Waals surface area (Å²) in [5.74, 6) is 0.630. The van der Waals surface area contributed by atoms with E-state index in [2.05, 4.69) is 10.3 Å². The highest BCUT2D eigenvalue weighted by Gasteiger charge is 2.40. The van der Waals surface area contributed by atoms with Gasteiger partial charge in [-0.05, 0) is 13.8 Å². The van der Waals surface area contributed by atoms with Crippen LogP contribution in [0.15, 0.2) is 4.99 Å². The number of hydrogen-bond donors (Lipinski definition) is 1. The first kappa shape index (κ1) is 17.2. The molecule has 1 aliphatic rings. The van der Waals surface area contributed by atoms with Crippen molar-refractivity contribution in [3.63, 3.8) is 0 Å². The molecule has 0 amide bonds. The molecule has 1 saturated heterocycles. The van der Waals surface area contributed by atoms with Crippen LogP contribution in [0, 0.1) is 0 Å². The Morgan fingerprint density at radius 1 is 1.40 bits per heavy atom. The van der Waals surface area contributed by atoms with E-state index in [1.165, 1.54) is 6.26 Å². The van der Waals surface area contributed by atoms with Gasteiger partial charge >= 0.3 is 0 Å². The minimum Gasteiger partial charge on any atom is -0.355 e. The van der Waals surface area contributed by atoms with Crippen molar-refractivity contribution in [1.82, 2.24) is 10.2 Å². The van der Waals surface area contributed by atoms with E-state index in [1.54, 1.807) is 20.9 Å². The second-order valence-corrected chi connectivity index (χ2v) is 10.6. The van der Waals surface area contributed by atoms with Crippen molar-refractivity contribution in [2.45, 2.75) is 18.6 Å². The molecular weight excluding hydrogens is 302 g/mol. The average Bonchev–Trinajstić information content (AvgIpc) is 2.27. The maximum atomic E-state index is 11.9. The van der Waals surface area contributed by atoms with Gasteiger partial charge in [0.2, 0.25) is 0 Å². The van der Waals surface area contributed by atoms with Crippen LogP contribution in [0.25, 0.3) is 0 Å². The molecule has 0 aliphatic carbocycles. The van der Waals surface area contributed by atoms with Crippen LogP contribution in [0.2, 0.25) is 0 Å². The molecule has 0 aromatic rings. The highest BCUT2D eigenvalue weighted by Crippen LogP contribution is 2.23. The lowest BCUT2D eigenvalue weighted by Crippen LogP contribution is -2.57. The number of hydrogen-bond acceptors (Lipinski definition) is 5. The van der Waals surface area contributed by atoms with Crippen LogP contribution in [-0.2, 0) is 19.7 Å². The Kier molecular flexibility index (Phi) is 5.07. The molecule has 7 nitrogen and oxygen atoms in total. The normalized spacial score (nSPS) is 22.6. The number of sulfone groups is 2. The molecule has 0 bridgehead atoms. The van der Waals surface area contributed by atoms with Crippen molar-refractivity contribution in [2.24, 2.45) is 4.99 Å². The lowest BCUT2D eigenvalue weighted by atomic mass is 10.2. The van der Waals surface area contributed by atoms with E-state index in [0.717, 1.165) is 0 Å². The summed E-state index contributed by atoms with van der Waals surface area (Å²) in [4.78, 5) is 5.94. The van der Waals surface area contributed by atoms with E-state index < -0.39 is 24.4 Å². The van der Waals surface area contributed by atoms with Gasteiger partial charge in [-0.1, -0.05) is 0 Å². The fourth-order valence-corrected chi connectivity index (χ4v) is 3.84. The van der Waals surface area contributed by atoms with Gasteiger partial charge < -0.3 is 10.2 Å². The molecule has 0 saturated carbocycles. The molecular formula is C11H23N3O4S2. The van der Waals surface area contributed by atoms with Gasteiger partial charge in [0.25, 0.3) is 0 Å². The Hall–Kier alpha value is -0.830. The second kappa shape index (κ2) is 5.88. The fourth-order valence-electron chi connectivity index (χ4n) is 2.01. The minimum absolute atomic E-state index is 0.0154. The summed E-state index contributed by atoms with van der Waals surface area (Å²) in [5.41, 5.74) is 0. The third-order valence-electron chi connectivity index (χ3n) is 3.31. The van der Waals surface area contributed by atoms with Crippen molar-refractivity contribution in [2.75, 3.05) is 44.4 Å². The van der Waals surface area contributed by atoms with Gasteiger partial charge in [0.15, 0.2) is 15.8 Å². The Labute approximate surface area is 121 Å². The second-order valence-electron chi connectivity index (χ2n) is 5.60. The number of aliphatic imine (C=N–C) groups is 1. The van der Waals surface area contributed by atoms with Gasteiger partial charge in [-0.2, -0.15) is 0 Å². The Morgan fingerprint density at radius 3 is 2.45 bits per heavy atom. The Bertz CT molecular complexity index is 579. The summed E-state index contributed by atoms with van der Waals surface area (Å²) < 4.78 is 45.2. The lowest BCUT2D eigenvalue weighted by molar-refractivity contribution is 0.354. The first-order valence-electron chi connectivity index (χ1n) is 6.34. The first-order chi connectivity index (χ1) is 8.98. The quantitative estimate of drug-likeness (QED) is 0.534. The fraction of sp³-hybridized carbons (Fsp3) is 0.909. The van der Waals surface area contributed by atoms with Crippen LogP contribution in [0.3, 0.4) is 0 Å². The van der Waals surface area contributed by atoms with E-state index in [-0.39, 0.29) is 18.1 Å². The van der Waals surface area contributed by atoms with Gasteiger partial charge in [0.05, 0.1) is 16.3 Å². The van der Waals surface area contributed by atoms with Crippen LogP contribution in [0.1, 0.15) is 13.8 Å². The molecule has 1 aliphatic heterocycles. The maximum absolute atomic E-state index is 11.9. The summed E-state index contributed by atoms with van der Waals surface area (Å²) in [5, 5.41) is 2.96. The van der Waals surface area contributed by atoms with Gasteiger partial charge in [-0.3, -0.25) is 4.99 Å². The Morgan fingerprint density at radius 2 is 2.00 bits per heavy atom. The minimum atomic E-state index is -3.10. The van der Waals surface area contributed by atoms with Gasteiger partial charge in [0.1, 0.15) is 9.84 Å². The molecule has 0 atom stereocenters. The molecule has 9 heteroatoms. The molecule has 0 spiro atoms. The zero-order chi connectivity index (χ0) is 15.6. The Balaban J connectivity index is 2.69. The maximum Gasteiger partial charge on any atom is 0.193 e. The number of rotatable bonds is 3. The summed E-state index contributed by atoms with van der Waals surface area (Å²) in [6.07, 6.45) is 1.17. The smallest absolute Gasteiger partial charge is 0.193 e. The van der Waals surface area contributed by atoms with Crippen molar-refractivity contribution < 1.29 is 16.8 Å². The summed E-state index contributed by atoms with van der Waals surface area (Å²) in [6, 6.07) is 0. The third-order valence-corrected chi connectivity index (χ3v) is 6.79. The first-order valence-corrected chi connectivity index (χ1v) is 10.1. The highest BCUT2D eigenvalue weighted by molar-refractivity contribution is 7.92. The molecule has 20 heavy (non-hydrogen) atoms. The number of nitrogens with zero attached hydrogens (tertiary/aromatic N) is 2. The highest BCUT2D eigenvalue weighted by atomic mass is 32.2. The van der Waals surface area contributed by atoms with Gasteiger partial charge in [-0.15, -0.1) is 0 Å². The number of guanidine groups is 1. The summed E-state index contributed by atoms with van der Waals surface area (Å²) in [7, 11) is -4.54. The van der Waals surface area contributed by atoms with Crippen molar-refractivity contribution in [3.05, 3.63) is 0 Å². The number of nitrogens with one attached hydrogen (secondary N) is 1. The SMILES string of the molecule is CN=C(NCCS(C)(=O)=O)N1CCS(=O)(=O)C(C)(C)C1. The molecule has 1 rings (SSSR count). The zero-order valence-corrected chi connectivity index (χ0v) is 14.0. The van der Waals surface area contributed by atoms with E-state index in [1.807, 2.05) is 4.90 Å². The van der Waals surface area contributed by atoms with Crippen molar-refractivity contribution >= 4 is 25.6 Å². The standard InChI is InChI=1S/C11H23N3O4S2/c1-11(2)9-14(6-8-20(11,17)18)10(12-3)13-5-7-19(4,15)16/h5-9H2,1-4H3,(H,12,13). The molecule has 0 unspecified atom stereocenters. The van der Waals surface area contributed by atoms with E-state index in [9.17, 15) is 16.8 Å². The van der Waals surface area contributed by atoms with E-state index >= 15 is 0 Å². The largest absolute Gasteiger partial charge is 0.355 e. The molecule has 1 N–H and O–H groups in total. The van der Waals surface area contributed by atoms with Crippen LogP contribution >= 0.6 is 0 Å². The predicted octanol–water partition coefficient (Wildman–Crippen LogP) is -0.885. The van der Waals surface area contributed by atoms with Crippen molar-refractivity contribution in [3.8, 4) is 0 Å². The topological polar surface area (TPSA) is 95.9 Å². The zero-order valence-electron chi connectivity index (χ0n) is 12.4. The van der Waals surface area contributed by atoms with Gasteiger partial charge in [-0.25, -0.2) is 16.8 Å². The molecule has 0 aromatic carbocycles. The van der Waals surface area contributed by atoms with Crippen molar-refractivity contribution in [1.29, 1.82) is 0 Å². The molecule has 0 radical (unpaired) electrons. The molecule has 0 aromatic heterocycles. The molecule has 1 heterocycles. The van der Waals surface area contributed by atoms with E-state index in [4.69, 9.17) is 0 Å². The van der Waals surface area contributed by atoms with Crippen LogP contribution < -0.4 is 5.32 Å². The van der Waals surface area contributed by atoms with Gasteiger partial charge in [0, 0.05) is 32.9 Å². The lowest BCUT2D eigenvalue weighted by Gasteiger charge is -2.39. The van der Waals surface area contributed by atoms with E-state index in [0.29, 0.717) is 19.0 Å².